The Bertz CT molecular complexity index is 476. The Hall–Kier alpha value is -0.560. The van der Waals surface area contributed by atoms with Gasteiger partial charge in [-0.2, -0.15) is 0 Å². The molecule has 0 spiro atoms. The highest BCUT2D eigenvalue weighted by Crippen LogP contribution is 2.63. The third-order valence-corrected chi connectivity index (χ3v) is 7.44. The number of aliphatic hydroxyl groups is 1. The second kappa shape index (κ2) is 4.22. The highest BCUT2D eigenvalue weighted by molar-refractivity contribution is 5.37. The standard InChI is InChI=1S/C19H28O/c1-18-9-3-4-16(18)15-6-5-13-12-14(20)7-11-19(13,2)17(15)8-10-18/h3-4,9,13-15,17,20H,5-8,10-12H2,1-2H3/t13?,14?,15-,17-,18-,19-/m0/s1. The summed E-state index contributed by atoms with van der Waals surface area (Å²) in [4.78, 5) is 0. The fourth-order valence-electron chi connectivity index (χ4n) is 6.16. The monoisotopic (exact) mass is 272 g/mol. The summed E-state index contributed by atoms with van der Waals surface area (Å²) in [5.74, 6) is 2.46. The van der Waals surface area contributed by atoms with Crippen molar-refractivity contribution in [1.82, 2.24) is 0 Å². The minimum absolute atomic E-state index is 0.0224. The maximum absolute atomic E-state index is 10.0. The first-order chi connectivity index (χ1) is 9.53. The van der Waals surface area contributed by atoms with Crippen molar-refractivity contribution in [2.75, 3.05) is 0 Å². The lowest BCUT2D eigenvalue weighted by Crippen LogP contribution is -2.51. The predicted octanol–water partition coefficient (Wildman–Crippen LogP) is 4.48. The SMILES string of the molecule is C[C@@]12C=CC=C1[C@@H]1CCC3CC(O)CC[C@]3(C)[C@H]1CC2. The van der Waals surface area contributed by atoms with Gasteiger partial charge in [-0.15, -0.1) is 0 Å². The first kappa shape index (κ1) is 13.1. The minimum atomic E-state index is -0.0224. The molecule has 0 bridgehead atoms. The Morgan fingerprint density at radius 1 is 1.10 bits per heavy atom. The fraction of sp³-hybridized carbons (Fsp3) is 0.789. The van der Waals surface area contributed by atoms with E-state index in [0.717, 1.165) is 30.6 Å². The molecule has 0 aromatic rings. The van der Waals surface area contributed by atoms with Crippen LogP contribution in [0.3, 0.4) is 0 Å². The molecule has 4 aliphatic rings. The van der Waals surface area contributed by atoms with Gasteiger partial charge >= 0.3 is 0 Å². The molecular formula is C19H28O. The van der Waals surface area contributed by atoms with Gasteiger partial charge in [-0.1, -0.05) is 37.6 Å². The Labute approximate surface area is 123 Å². The molecule has 110 valence electrons. The van der Waals surface area contributed by atoms with Crippen molar-refractivity contribution in [1.29, 1.82) is 0 Å². The van der Waals surface area contributed by atoms with Crippen LogP contribution in [-0.2, 0) is 0 Å². The fourth-order valence-corrected chi connectivity index (χ4v) is 6.16. The van der Waals surface area contributed by atoms with E-state index in [9.17, 15) is 5.11 Å². The first-order valence-electron chi connectivity index (χ1n) is 8.61. The zero-order valence-electron chi connectivity index (χ0n) is 12.9. The molecule has 0 aliphatic heterocycles. The maximum atomic E-state index is 10.0. The molecule has 1 heteroatoms. The molecule has 0 heterocycles. The van der Waals surface area contributed by atoms with Gasteiger partial charge in [0.1, 0.15) is 0 Å². The van der Waals surface area contributed by atoms with Crippen molar-refractivity contribution >= 4 is 0 Å². The van der Waals surface area contributed by atoms with E-state index in [1.165, 1.54) is 32.1 Å². The summed E-state index contributed by atoms with van der Waals surface area (Å²) in [6.07, 6.45) is 15.9. The molecule has 4 rings (SSSR count). The molecule has 2 unspecified atom stereocenters. The number of allylic oxidation sites excluding steroid dienone is 4. The van der Waals surface area contributed by atoms with Crippen LogP contribution in [0.15, 0.2) is 23.8 Å². The Balaban J connectivity index is 1.66. The first-order valence-corrected chi connectivity index (χ1v) is 8.61. The Morgan fingerprint density at radius 3 is 2.80 bits per heavy atom. The molecule has 1 nitrogen and oxygen atoms in total. The summed E-state index contributed by atoms with van der Waals surface area (Å²) in [6.45, 7) is 4.99. The molecule has 4 aliphatic carbocycles. The summed E-state index contributed by atoms with van der Waals surface area (Å²) >= 11 is 0. The minimum Gasteiger partial charge on any atom is -0.393 e. The highest BCUT2D eigenvalue weighted by atomic mass is 16.3. The van der Waals surface area contributed by atoms with E-state index in [2.05, 4.69) is 32.1 Å². The average molecular weight is 272 g/mol. The third-order valence-electron chi connectivity index (χ3n) is 7.44. The topological polar surface area (TPSA) is 20.2 Å². The summed E-state index contributed by atoms with van der Waals surface area (Å²) < 4.78 is 0. The normalized spacial score (nSPS) is 53.9. The van der Waals surface area contributed by atoms with Crippen molar-refractivity contribution in [2.24, 2.45) is 28.6 Å². The van der Waals surface area contributed by atoms with Gasteiger partial charge in [-0.25, -0.2) is 0 Å². The van der Waals surface area contributed by atoms with Gasteiger partial charge in [-0.05, 0) is 68.1 Å². The van der Waals surface area contributed by atoms with Crippen LogP contribution < -0.4 is 0 Å². The number of rotatable bonds is 0. The predicted molar refractivity (Wildman–Crippen MR) is 82.2 cm³/mol. The molecule has 3 fully saturated rings. The maximum Gasteiger partial charge on any atom is 0.0543 e. The van der Waals surface area contributed by atoms with E-state index in [0.29, 0.717) is 10.8 Å². The summed E-state index contributed by atoms with van der Waals surface area (Å²) in [5, 5.41) is 10.0. The second-order valence-corrected chi connectivity index (χ2v) is 8.36. The van der Waals surface area contributed by atoms with E-state index in [-0.39, 0.29) is 6.10 Å². The lowest BCUT2D eigenvalue weighted by atomic mass is 9.46. The summed E-state index contributed by atoms with van der Waals surface area (Å²) in [5.41, 5.74) is 2.60. The van der Waals surface area contributed by atoms with Crippen LogP contribution >= 0.6 is 0 Å². The number of hydrogen-bond acceptors (Lipinski definition) is 1. The van der Waals surface area contributed by atoms with Gasteiger partial charge in [0, 0.05) is 5.41 Å². The van der Waals surface area contributed by atoms with Crippen LogP contribution in [0, 0.1) is 28.6 Å². The van der Waals surface area contributed by atoms with Crippen molar-refractivity contribution in [3.05, 3.63) is 23.8 Å². The largest absolute Gasteiger partial charge is 0.393 e. The summed E-state index contributed by atoms with van der Waals surface area (Å²) in [6, 6.07) is 0. The zero-order valence-corrected chi connectivity index (χ0v) is 12.9. The number of hydrogen-bond donors (Lipinski definition) is 1. The zero-order chi connectivity index (χ0) is 14.0. The van der Waals surface area contributed by atoms with E-state index >= 15 is 0 Å². The Kier molecular flexibility index (Phi) is 2.77. The average Bonchev–Trinajstić information content (AvgIpc) is 2.81. The van der Waals surface area contributed by atoms with Crippen LogP contribution in [0.2, 0.25) is 0 Å². The van der Waals surface area contributed by atoms with E-state index in [1.807, 2.05) is 0 Å². The van der Waals surface area contributed by atoms with Gasteiger partial charge in [0.15, 0.2) is 0 Å². The Morgan fingerprint density at radius 2 is 1.95 bits per heavy atom. The molecule has 0 amide bonds. The van der Waals surface area contributed by atoms with Crippen molar-refractivity contribution in [3.63, 3.8) is 0 Å². The molecule has 20 heavy (non-hydrogen) atoms. The van der Waals surface area contributed by atoms with Crippen LogP contribution in [0.4, 0.5) is 0 Å². The van der Waals surface area contributed by atoms with E-state index in [4.69, 9.17) is 0 Å². The highest BCUT2D eigenvalue weighted by Gasteiger charge is 2.54. The quantitative estimate of drug-likeness (QED) is 0.689. The third kappa shape index (κ3) is 1.65. The van der Waals surface area contributed by atoms with E-state index < -0.39 is 0 Å². The molecule has 0 saturated heterocycles. The molecular weight excluding hydrogens is 244 g/mol. The second-order valence-electron chi connectivity index (χ2n) is 8.36. The van der Waals surface area contributed by atoms with Crippen LogP contribution in [-0.4, -0.2) is 11.2 Å². The molecule has 0 radical (unpaired) electrons. The molecule has 1 N–H and O–H groups in total. The lowest BCUT2D eigenvalue weighted by Gasteiger charge is -2.58. The van der Waals surface area contributed by atoms with Crippen molar-refractivity contribution in [3.8, 4) is 0 Å². The number of fused-ring (bicyclic) bond motifs is 5. The summed E-state index contributed by atoms with van der Waals surface area (Å²) in [7, 11) is 0. The van der Waals surface area contributed by atoms with Crippen molar-refractivity contribution < 1.29 is 5.11 Å². The molecule has 0 aromatic heterocycles. The van der Waals surface area contributed by atoms with Crippen LogP contribution in [0.1, 0.15) is 58.8 Å². The molecule has 3 saturated carbocycles. The lowest BCUT2D eigenvalue weighted by molar-refractivity contribution is -0.0789. The van der Waals surface area contributed by atoms with Gasteiger partial charge < -0.3 is 5.11 Å². The molecule has 6 atom stereocenters. The van der Waals surface area contributed by atoms with Gasteiger partial charge in [0.2, 0.25) is 0 Å². The van der Waals surface area contributed by atoms with Crippen LogP contribution in [0.5, 0.6) is 0 Å². The smallest absolute Gasteiger partial charge is 0.0543 e. The van der Waals surface area contributed by atoms with Crippen molar-refractivity contribution in [2.45, 2.75) is 64.9 Å². The van der Waals surface area contributed by atoms with E-state index in [1.54, 1.807) is 5.57 Å². The van der Waals surface area contributed by atoms with Crippen LogP contribution in [0.25, 0.3) is 0 Å². The van der Waals surface area contributed by atoms with Gasteiger partial charge in [0.05, 0.1) is 6.10 Å². The van der Waals surface area contributed by atoms with Gasteiger partial charge in [-0.3, -0.25) is 0 Å². The van der Waals surface area contributed by atoms with Gasteiger partial charge in [0.25, 0.3) is 0 Å². The number of aliphatic hydroxyl groups excluding tert-OH is 1. The molecule has 0 aromatic carbocycles.